The van der Waals surface area contributed by atoms with Crippen LogP contribution in [0.3, 0.4) is 0 Å². The zero-order valence-electron chi connectivity index (χ0n) is 13.3. The van der Waals surface area contributed by atoms with Crippen LogP contribution in [0.1, 0.15) is 36.5 Å². The van der Waals surface area contributed by atoms with Gasteiger partial charge >= 0.3 is 6.03 Å². The van der Waals surface area contributed by atoms with Gasteiger partial charge in [-0.15, -0.1) is 0 Å². The van der Waals surface area contributed by atoms with Gasteiger partial charge in [-0.3, -0.25) is 10.1 Å². The molecule has 0 bridgehead atoms. The fourth-order valence-electron chi connectivity index (χ4n) is 2.75. The molecule has 9 heteroatoms. The summed E-state index contributed by atoms with van der Waals surface area (Å²) in [6, 6.07) is 4.01. The monoisotopic (exact) mass is 331 g/mol. The molecule has 1 aliphatic carbocycles. The molecule has 2 amide bonds. The van der Waals surface area contributed by atoms with Crippen molar-refractivity contribution in [1.29, 1.82) is 0 Å². The van der Waals surface area contributed by atoms with E-state index in [1.54, 1.807) is 19.9 Å². The van der Waals surface area contributed by atoms with Crippen LogP contribution in [-0.4, -0.2) is 21.1 Å². The third-order valence-electron chi connectivity index (χ3n) is 4.17. The Morgan fingerprint density at radius 3 is 2.62 bits per heavy atom. The van der Waals surface area contributed by atoms with E-state index in [0.717, 1.165) is 19.3 Å². The van der Waals surface area contributed by atoms with E-state index in [-0.39, 0.29) is 5.69 Å². The Kier molecular flexibility index (Phi) is 3.92. The summed E-state index contributed by atoms with van der Waals surface area (Å²) in [5, 5.41) is 20.3. The van der Waals surface area contributed by atoms with Gasteiger partial charge in [0, 0.05) is 24.2 Å². The fourth-order valence-corrected chi connectivity index (χ4v) is 2.75. The highest BCUT2D eigenvalue weighted by atomic mass is 16.6. The number of hydrogen-bond acceptors (Lipinski definition) is 6. The number of amides is 2. The van der Waals surface area contributed by atoms with E-state index in [1.165, 1.54) is 12.1 Å². The number of benzene rings is 1. The molecule has 0 spiro atoms. The van der Waals surface area contributed by atoms with Gasteiger partial charge in [0.1, 0.15) is 5.54 Å². The Morgan fingerprint density at radius 2 is 2.12 bits per heavy atom. The zero-order valence-corrected chi connectivity index (χ0v) is 13.3. The average Bonchev–Trinajstić information content (AvgIpc) is 2.89. The molecule has 126 valence electrons. The minimum Gasteiger partial charge on any atom is -0.340 e. The second kappa shape index (κ2) is 5.91. The lowest BCUT2D eigenvalue weighted by atomic mass is 9.76. The molecule has 9 nitrogen and oxygen atoms in total. The maximum Gasteiger partial charge on any atom is 0.320 e. The molecule has 0 atom stereocenters. The Morgan fingerprint density at radius 1 is 1.38 bits per heavy atom. The SMILES string of the molecule is Cc1nc(C2(NC(=O)Nc3ccc([N+](=O)[O-])c(C)c3)CCC2)no1. The summed E-state index contributed by atoms with van der Waals surface area (Å²) in [5.74, 6) is 0.922. The molecule has 1 aromatic heterocycles. The second-order valence-corrected chi connectivity index (χ2v) is 5.91. The van der Waals surface area contributed by atoms with Gasteiger partial charge < -0.3 is 15.2 Å². The van der Waals surface area contributed by atoms with Crippen LogP contribution in [0, 0.1) is 24.0 Å². The summed E-state index contributed by atoms with van der Waals surface area (Å²) in [7, 11) is 0. The number of urea groups is 1. The van der Waals surface area contributed by atoms with Gasteiger partial charge in [-0.05, 0) is 38.3 Å². The quantitative estimate of drug-likeness (QED) is 0.656. The lowest BCUT2D eigenvalue weighted by molar-refractivity contribution is -0.385. The van der Waals surface area contributed by atoms with Gasteiger partial charge in [0.25, 0.3) is 5.69 Å². The Hall–Kier alpha value is -2.97. The normalized spacial score (nSPS) is 15.4. The van der Waals surface area contributed by atoms with Crippen LogP contribution in [0.15, 0.2) is 22.7 Å². The van der Waals surface area contributed by atoms with Crippen LogP contribution in [-0.2, 0) is 5.54 Å². The van der Waals surface area contributed by atoms with Crippen molar-refractivity contribution in [1.82, 2.24) is 15.5 Å². The van der Waals surface area contributed by atoms with E-state index < -0.39 is 16.5 Å². The molecule has 0 unspecified atom stereocenters. The molecule has 24 heavy (non-hydrogen) atoms. The lowest BCUT2D eigenvalue weighted by Crippen LogP contribution is -2.52. The number of rotatable bonds is 4. The summed E-state index contributed by atoms with van der Waals surface area (Å²) in [4.78, 5) is 26.9. The summed E-state index contributed by atoms with van der Waals surface area (Å²) in [5.41, 5.74) is 0.357. The molecule has 0 radical (unpaired) electrons. The summed E-state index contributed by atoms with van der Waals surface area (Å²) in [6.45, 7) is 3.32. The predicted octanol–water partition coefficient (Wildman–Crippen LogP) is 2.80. The molecule has 1 fully saturated rings. The molecule has 0 aliphatic heterocycles. The first-order chi connectivity index (χ1) is 11.4. The van der Waals surface area contributed by atoms with Crippen LogP contribution in [0.4, 0.5) is 16.2 Å². The first kappa shape index (κ1) is 15.9. The van der Waals surface area contributed by atoms with E-state index >= 15 is 0 Å². The third kappa shape index (κ3) is 2.92. The molecule has 2 N–H and O–H groups in total. The van der Waals surface area contributed by atoms with Crippen molar-refractivity contribution in [2.75, 3.05) is 5.32 Å². The zero-order chi connectivity index (χ0) is 17.3. The van der Waals surface area contributed by atoms with E-state index in [4.69, 9.17) is 4.52 Å². The number of nitro groups is 1. The number of nitrogens with one attached hydrogen (secondary N) is 2. The van der Waals surface area contributed by atoms with Crippen molar-refractivity contribution >= 4 is 17.4 Å². The Bertz CT molecular complexity index is 797. The summed E-state index contributed by atoms with van der Waals surface area (Å²) in [6.07, 6.45) is 2.43. The van der Waals surface area contributed by atoms with Gasteiger partial charge in [0.2, 0.25) is 5.89 Å². The maximum atomic E-state index is 12.3. The minimum atomic E-state index is -0.613. The topological polar surface area (TPSA) is 123 Å². The van der Waals surface area contributed by atoms with Crippen molar-refractivity contribution in [2.45, 2.75) is 38.6 Å². The number of aryl methyl sites for hydroxylation is 2. The molecular formula is C15H17N5O4. The van der Waals surface area contributed by atoms with E-state index in [0.29, 0.717) is 23.0 Å². The molecule has 1 aromatic carbocycles. The van der Waals surface area contributed by atoms with Crippen LogP contribution in [0.5, 0.6) is 0 Å². The van der Waals surface area contributed by atoms with Crippen molar-refractivity contribution in [3.8, 4) is 0 Å². The number of nitrogens with zero attached hydrogens (tertiary/aromatic N) is 3. The highest BCUT2D eigenvalue weighted by Gasteiger charge is 2.44. The van der Waals surface area contributed by atoms with E-state index in [2.05, 4.69) is 20.8 Å². The molecule has 1 saturated carbocycles. The average molecular weight is 331 g/mol. The minimum absolute atomic E-state index is 0.0127. The number of anilines is 1. The van der Waals surface area contributed by atoms with Crippen LogP contribution in [0.2, 0.25) is 0 Å². The molecule has 3 rings (SSSR count). The highest BCUT2D eigenvalue weighted by molar-refractivity contribution is 5.90. The van der Waals surface area contributed by atoms with E-state index in [1.807, 2.05) is 0 Å². The Labute approximate surface area is 137 Å². The fraction of sp³-hybridized carbons (Fsp3) is 0.400. The van der Waals surface area contributed by atoms with Crippen molar-refractivity contribution in [3.05, 3.63) is 45.6 Å². The number of nitro benzene ring substituents is 1. The van der Waals surface area contributed by atoms with Crippen LogP contribution < -0.4 is 10.6 Å². The molecular weight excluding hydrogens is 314 g/mol. The molecule has 2 aromatic rings. The van der Waals surface area contributed by atoms with Gasteiger partial charge in [0.15, 0.2) is 5.82 Å². The largest absolute Gasteiger partial charge is 0.340 e. The third-order valence-corrected chi connectivity index (χ3v) is 4.17. The predicted molar refractivity (Wildman–Crippen MR) is 84.6 cm³/mol. The molecule has 1 heterocycles. The first-order valence-corrected chi connectivity index (χ1v) is 7.55. The molecule has 0 saturated heterocycles. The second-order valence-electron chi connectivity index (χ2n) is 5.91. The first-order valence-electron chi connectivity index (χ1n) is 7.55. The van der Waals surface area contributed by atoms with Gasteiger partial charge in [-0.25, -0.2) is 4.79 Å². The van der Waals surface area contributed by atoms with Crippen molar-refractivity contribution in [2.24, 2.45) is 0 Å². The number of hydrogen-bond donors (Lipinski definition) is 2. The number of carbonyl (C=O) groups excluding carboxylic acids is 1. The summed E-state index contributed by atoms with van der Waals surface area (Å²) >= 11 is 0. The van der Waals surface area contributed by atoms with E-state index in [9.17, 15) is 14.9 Å². The van der Waals surface area contributed by atoms with Crippen molar-refractivity contribution in [3.63, 3.8) is 0 Å². The standard InChI is InChI=1S/C15H17N5O4/c1-9-8-11(4-5-12(9)20(22)23)17-14(21)18-15(6-3-7-15)13-16-10(2)24-19-13/h4-5,8H,3,6-7H2,1-2H3,(H2,17,18,21). The molecule has 1 aliphatic rings. The lowest BCUT2D eigenvalue weighted by Gasteiger charge is -2.39. The van der Waals surface area contributed by atoms with Gasteiger partial charge in [-0.2, -0.15) is 4.98 Å². The van der Waals surface area contributed by atoms with Gasteiger partial charge in [-0.1, -0.05) is 5.16 Å². The number of carbonyl (C=O) groups is 1. The maximum absolute atomic E-state index is 12.3. The Balaban J connectivity index is 1.71. The van der Waals surface area contributed by atoms with Crippen LogP contribution in [0.25, 0.3) is 0 Å². The van der Waals surface area contributed by atoms with Crippen LogP contribution >= 0.6 is 0 Å². The number of aromatic nitrogens is 2. The van der Waals surface area contributed by atoms with Gasteiger partial charge in [0.05, 0.1) is 4.92 Å². The highest BCUT2D eigenvalue weighted by Crippen LogP contribution is 2.39. The summed E-state index contributed by atoms with van der Waals surface area (Å²) < 4.78 is 5.00. The smallest absolute Gasteiger partial charge is 0.320 e. The van der Waals surface area contributed by atoms with Crippen molar-refractivity contribution < 1.29 is 14.2 Å².